The van der Waals surface area contributed by atoms with Crippen molar-refractivity contribution >= 4 is 5.91 Å². The lowest BCUT2D eigenvalue weighted by Crippen LogP contribution is -2.41. The molecule has 3 nitrogen and oxygen atoms in total. The van der Waals surface area contributed by atoms with Crippen LogP contribution in [-0.2, 0) is 11.2 Å². The molecule has 2 aliphatic carbocycles. The first-order chi connectivity index (χ1) is 11.7. The number of carbonyl (C=O) groups is 1. The van der Waals surface area contributed by atoms with Gasteiger partial charge < -0.3 is 10.1 Å². The Morgan fingerprint density at radius 2 is 1.88 bits per heavy atom. The van der Waals surface area contributed by atoms with E-state index in [4.69, 9.17) is 4.74 Å². The highest BCUT2D eigenvalue weighted by Gasteiger charge is 2.22. The Bertz CT molecular complexity index is 536. The summed E-state index contributed by atoms with van der Waals surface area (Å²) >= 11 is 0. The second-order valence-corrected chi connectivity index (χ2v) is 7.61. The van der Waals surface area contributed by atoms with Crippen molar-refractivity contribution in [2.75, 3.05) is 0 Å². The van der Waals surface area contributed by atoms with E-state index in [9.17, 15) is 4.79 Å². The molecule has 0 heterocycles. The fourth-order valence-corrected chi connectivity index (χ4v) is 4.04. The number of ether oxygens (including phenoxy) is 1. The third kappa shape index (κ3) is 4.99. The maximum Gasteiger partial charge on any atom is 0.220 e. The Hall–Kier alpha value is -1.51. The lowest BCUT2D eigenvalue weighted by molar-refractivity contribution is -0.122. The van der Waals surface area contributed by atoms with Gasteiger partial charge in [0.1, 0.15) is 5.75 Å². The molecule has 2 aliphatic rings. The quantitative estimate of drug-likeness (QED) is 0.826. The predicted molar refractivity (Wildman–Crippen MR) is 97.2 cm³/mol. The largest absolute Gasteiger partial charge is 0.490 e. The molecule has 0 radical (unpaired) electrons. The normalized spacial score (nSPS) is 24.7. The number of hydrogen-bond acceptors (Lipinski definition) is 2. The summed E-state index contributed by atoms with van der Waals surface area (Å²) in [5, 5.41) is 3.24. The predicted octanol–water partition coefficient (Wildman–Crippen LogP) is 4.64. The fraction of sp³-hybridized carbons (Fsp3) is 0.667. The minimum absolute atomic E-state index is 0.191. The minimum Gasteiger partial charge on any atom is -0.490 e. The van der Waals surface area contributed by atoms with Crippen LogP contribution < -0.4 is 10.1 Å². The molecule has 0 aromatic heterocycles. The molecule has 2 unspecified atom stereocenters. The number of rotatable bonds is 6. The highest BCUT2D eigenvalue weighted by atomic mass is 16.5. The van der Waals surface area contributed by atoms with E-state index >= 15 is 0 Å². The Kier molecular flexibility index (Phi) is 6.17. The summed E-state index contributed by atoms with van der Waals surface area (Å²) in [5.41, 5.74) is 1.19. The molecule has 0 aliphatic heterocycles. The molecule has 2 saturated carbocycles. The van der Waals surface area contributed by atoms with Gasteiger partial charge in [0.25, 0.3) is 0 Å². The number of benzene rings is 1. The second-order valence-electron chi connectivity index (χ2n) is 7.61. The summed E-state index contributed by atoms with van der Waals surface area (Å²) in [6.07, 6.45) is 11.6. The molecule has 2 fully saturated rings. The Morgan fingerprint density at radius 3 is 2.67 bits per heavy atom. The van der Waals surface area contributed by atoms with Crippen LogP contribution in [0.1, 0.15) is 70.3 Å². The van der Waals surface area contributed by atoms with Gasteiger partial charge in [-0.3, -0.25) is 4.79 Å². The minimum atomic E-state index is 0.191. The van der Waals surface area contributed by atoms with Gasteiger partial charge in [-0.05, 0) is 68.6 Å². The molecular formula is C21H31NO2. The molecule has 2 atom stereocenters. The summed E-state index contributed by atoms with van der Waals surface area (Å²) < 4.78 is 6.06. The van der Waals surface area contributed by atoms with Crippen LogP contribution in [0.2, 0.25) is 0 Å². The molecule has 0 bridgehead atoms. The molecule has 0 spiro atoms. The number of amides is 1. The van der Waals surface area contributed by atoms with Crippen LogP contribution in [0.15, 0.2) is 24.3 Å². The van der Waals surface area contributed by atoms with Gasteiger partial charge in [-0.2, -0.15) is 0 Å². The van der Waals surface area contributed by atoms with Gasteiger partial charge in [0.15, 0.2) is 0 Å². The zero-order chi connectivity index (χ0) is 16.8. The van der Waals surface area contributed by atoms with Crippen LogP contribution in [0.25, 0.3) is 0 Å². The molecular weight excluding hydrogens is 298 g/mol. The maximum absolute atomic E-state index is 12.3. The standard InChI is InChI=1S/C21H31NO2/c1-16-7-2-5-12-20(16)22-21(23)14-13-17-8-6-11-19(15-17)24-18-9-3-4-10-18/h6,8,11,15-16,18,20H,2-5,7,9-10,12-14H2,1H3,(H,22,23). The van der Waals surface area contributed by atoms with Gasteiger partial charge in [0, 0.05) is 12.5 Å². The van der Waals surface area contributed by atoms with Crippen molar-refractivity contribution in [3.05, 3.63) is 29.8 Å². The van der Waals surface area contributed by atoms with E-state index in [1.165, 1.54) is 50.5 Å². The molecule has 24 heavy (non-hydrogen) atoms. The first-order valence-electron chi connectivity index (χ1n) is 9.75. The van der Waals surface area contributed by atoms with E-state index in [1.54, 1.807) is 0 Å². The van der Waals surface area contributed by atoms with Crippen LogP contribution in [0.5, 0.6) is 5.75 Å². The molecule has 132 valence electrons. The average Bonchev–Trinajstić information content (AvgIpc) is 3.08. The monoisotopic (exact) mass is 329 g/mol. The lowest BCUT2D eigenvalue weighted by Gasteiger charge is -2.29. The van der Waals surface area contributed by atoms with E-state index in [0.717, 1.165) is 18.6 Å². The number of aryl methyl sites for hydroxylation is 1. The molecule has 1 aromatic rings. The number of hydrogen-bond donors (Lipinski definition) is 1. The number of carbonyl (C=O) groups excluding carboxylic acids is 1. The number of nitrogens with one attached hydrogen (secondary N) is 1. The maximum atomic E-state index is 12.3. The molecule has 1 aromatic carbocycles. The van der Waals surface area contributed by atoms with Gasteiger partial charge >= 0.3 is 0 Å². The summed E-state index contributed by atoms with van der Waals surface area (Å²) in [7, 11) is 0. The zero-order valence-electron chi connectivity index (χ0n) is 14.9. The molecule has 3 rings (SSSR count). The second kappa shape index (κ2) is 8.55. The van der Waals surface area contributed by atoms with E-state index < -0.39 is 0 Å². The van der Waals surface area contributed by atoms with Crippen LogP contribution >= 0.6 is 0 Å². The zero-order valence-corrected chi connectivity index (χ0v) is 14.9. The van der Waals surface area contributed by atoms with E-state index in [2.05, 4.69) is 24.4 Å². The Labute approximate surface area is 146 Å². The Balaban J connectivity index is 1.46. The summed E-state index contributed by atoms with van der Waals surface area (Å²) in [6.45, 7) is 2.26. The average molecular weight is 329 g/mol. The van der Waals surface area contributed by atoms with Crippen molar-refractivity contribution in [1.29, 1.82) is 0 Å². The van der Waals surface area contributed by atoms with Gasteiger partial charge in [0.2, 0.25) is 5.91 Å². The molecule has 1 amide bonds. The van der Waals surface area contributed by atoms with E-state index in [0.29, 0.717) is 24.5 Å². The van der Waals surface area contributed by atoms with Crippen LogP contribution in [0.4, 0.5) is 0 Å². The molecule has 0 saturated heterocycles. The smallest absolute Gasteiger partial charge is 0.220 e. The first kappa shape index (κ1) is 17.3. The van der Waals surface area contributed by atoms with Crippen LogP contribution in [-0.4, -0.2) is 18.1 Å². The topological polar surface area (TPSA) is 38.3 Å². The molecule has 3 heteroatoms. The van der Waals surface area contributed by atoms with Crippen LogP contribution in [0.3, 0.4) is 0 Å². The van der Waals surface area contributed by atoms with E-state index in [1.807, 2.05) is 12.1 Å². The van der Waals surface area contributed by atoms with Gasteiger partial charge in [-0.1, -0.05) is 31.9 Å². The van der Waals surface area contributed by atoms with Gasteiger partial charge in [0.05, 0.1) is 6.10 Å². The fourth-order valence-electron chi connectivity index (χ4n) is 4.04. The SMILES string of the molecule is CC1CCCCC1NC(=O)CCc1cccc(OC2CCCC2)c1. The van der Waals surface area contributed by atoms with Gasteiger partial charge in [-0.25, -0.2) is 0 Å². The summed E-state index contributed by atoms with van der Waals surface area (Å²) in [4.78, 5) is 12.3. The van der Waals surface area contributed by atoms with Crippen molar-refractivity contribution < 1.29 is 9.53 Å². The lowest BCUT2D eigenvalue weighted by atomic mass is 9.86. The van der Waals surface area contributed by atoms with Crippen molar-refractivity contribution in [3.8, 4) is 5.75 Å². The van der Waals surface area contributed by atoms with Gasteiger partial charge in [-0.15, -0.1) is 0 Å². The van der Waals surface area contributed by atoms with E-state index in [-0.39, 0.29) is 5.91 Å². The Morgan fingerprint density at radius 1 is 1.12 bits per heavy atom. The van der Waals surface area contributed by atoms with Crippen molar-refractivity contribution in [1.82, 2.24) is 5.32 Å². The summed E-state index contributed by atoms with van der Waals surface area (Å²) in [6, 6.07) is 8.66. The summed E-state index contributed by atoms with van der Waals surface area (Å²) in [5.74, 6) is 1.77. The molecule has 1 N–H and O–H groups in total. The van der Waals surface area contributed by atoms with Crippen LogP contribution in [0, 0.1) is 5.92 Å². The van der Waals surface area contributed by atoms with Crippen molar-refractivity contribution in [2.24, 2.45) is 5.92 Å². The third-order valence-corrected chi connectivity index (χ3v) is 5.60. The third-order valence-electron chi connectivity index (χ3n) is 5.60. The highest BCUT2D eigenvalue weighted by Crippen LogP contribution is 2.25. The van der Waals surface area contributed by atoms with Crippen molar-refractivity contribution in [2.45, 2.75) is 83.3 Å². The van der Waals surface area contributed by atoms with Crippen molar-refractivity contribution in [3.63, 3.8) is 0 Å². The highest BCUT2D eigenvalue weighted by molar-refractivity contribution is 5.76. The first-order valence-corrected chi connectivity index (χ1v) is 9.75.